The van der Waals surface area contributed by atoms with Gasteiger partial charge in [-0.1, -0.05) is 0 Å². The summed E-state index contributed by atoms with van der Waals surface area (Å²) < 4.78 is 0. The van der Waals surface area contributed by atoms with Crippen LogP contribution in [0, 0.1) is 13.8 Å². The summed E-state index contributed by atoms with van der Waals surface area (Å²) in [6, 6.07) is 0.366. The predicted molar refractivity (Wildman–Crippen MR) is 89.8 cm³/mol. The van der Waals surface area contributed by atoms with Gasteiger partial charge in [0.25, 0.3) is 0 Å². The van der Waals surface area contributed by atoms with Gasteiger partial charge in [0.15, 0.2) is 6.29 Å². The summed E-state index contributed by atoms with van der Waals surface area (Å²) in [5.74, 6) is 0.203. The number of hydrogen-bond acceptors (Lipinski definition) is 3. The van der Waals surface area contributed by atoms with E-state index in [1.54, 1.807) is 0 Å². The van der Waals surface area contributed by atoms with Crippen molar-refractivity contribution in [2.75, 3.05) is 26.2 Å². The molecular formula is C18H27N3O2. The number of nitrogens with one attached hydrogen (secondary N) is 1. The lowest BCUT2D eigenvalue weighted by molar-refractivity contribution is -0.131. The molecule has 1 N–H and O–H groups in total. The Morgan fingerprint density at radius 1 is 1.22 bits per heavy atom. The summed E-state index contributed by atoms with van der Waals surface area (Å²) in [6.45, 7) is 8.11. The third-order valence-corrected chi connectivity index (χ3v) is 5.44. The van der Waals surface area contributed by atoms with E-state index in [1.165, 1.54) is 25.9 Å². The summed E-state index contributed by atoms with van der Waals surface area (Å²) in [5.41, 5.74) is 3.44. The van der Waals surface area contributed by atoms with E-state index >= 15 is 0 Å². The standard InChI is InChI=1S/C18H27N3O2/c1-13-16(14(2)19-17(13)12-22)10-18(23)21-9-5-6-15(21)11-20-7-3-4-8-20/h12,15,19H,3-11H2,1-2H3/t15-/m0/s1. The quantitative estimate of drug-likeness (QED) is 0.846. The maximum Gasteiger partial charge on any atom is 0.227 e. The zero-order valence-electron chi connectivity index (χ0n) is 14.2. The van der Waals surface area contributed by atoms with E-state index in [-0.39, 0.29) is 5.91 Å². The molecule has 2 saturated heterocycles. The van der Waals surface area contributed by atoms with Crippen LogP contribution in [0.4, 0.5) is 0 Å². The smallest absolute Gasteiger partial charge is 0.227 e. The number of aryl methyl sites for hydroxylation is 1. The predicted octanol–water partition coefficient (Wildman–Crippen LogP) is 2.07. The fourth-order valence-corrected chi connectivity index (χ4v) is 4.07. The van der Waals surface area contributed by atoms with Crippen molar-refractivity contribution in [1.82, 2.24) is 14.8 Å². The molecule has 0 saturated carbocycles. The Balaban J connectivity index is 1.67. The molecule has 2 aliphatic heterocycles. The van der Waals surface area contributed by atoms with Gasteiger partial charge in [-0.2, -0.15) is 0 Å². The van der Waals surface area contributed by atoms with E-state index in [9.17, 15) is 9.59 Å². The number of amides is 1. The molecule has 0 unspecified atom stereocenters. The summed E-state index contributed by atoms with van der Waals surface area (Å²) >= 11 is 0. The van der Waals surface area contributed by atoms with Gasteiger partial charge in [0.2, 0.25) is 5.91 Å². The van der Waals surface area contributed by atoms with Crippen LogP contribution in [0.25, 0.3) is 0 Å². The number of aromatic amines is 1. The maximum absolute atomic E-state index is 12.8. The highest BCUT2D eigenvalue weighted by molar-refractivity contribution is 5.82. The Hall–Kier alpha value is -1.62. The zero-order valence-corrected chi connectivity index (χ0v) is 14.2. The summed E-state index contributed by atoms with van der Waals surface area (Å²) in [5, 5.41) is 0. The van der Waals surface area contributed by atoms with Crippen LogP contribution >= 0.6 is 0 Å². The molecule has 23 heavy (non-hydrogen) atoms. The number of likely N-dealkylation sites (tertiary alicyclic amines) is 2. The second-order valence-corrected chi connectivity index (χ2v) is 6.95. The third-order valence-electron chi connectivity index (χ3n) is 5.44. The van der Waals surface area contributed by atoms with Crippen LogP contribution in [-0.2, 0) is 11.2 Å². The van der Waals surface area contributed by atoms with Crippen molar-refractivity contribution in [1.29, 1.82) is 0 Å². The van der Waals surface area contributed by atoms with Crippen LogP contribution < -0.4 is 0 Å². The first-order valence-electron chi connectivity index (χ1n) is 8.75. The lowest BCUT2D eigenvalue weighted by Crippen LogP contribution is -2.43. The van der Waals surface area contributed by atoms with Gasteiger partial charge < -0.3 is 14.8 Å². The molecule has 0 radical (unpaired) electrons. The van der Waals surface area contributed by atoms with Crippen molar-refractivity contribution in [2.45, 2.75) is 52.0 Å². The van der Waals surface area contributed by atoms with Gasteiger partial charge in [-0.15, -0.1) is 0 Å². The molecule has 1 atom stereocenters. The number of aldehydes is 1. The molecular weight excluding hydrogens is 290 g/mol. The number of carbonyl (C=O) groups excluding carboxylic acids is 2. The van der Waals surface area contributed by atoms with Gasteiger partial charge in [-0.25, -0.2) is 0 Å². The Kier molecular flexibility index (Phi) is 4.85. The van der Waals surface area contributed by atoms with E-state index in [1.807, 2.05) is 13.8 Å². The Morgan fingerprint density at radius 2 is 1.96 bits per heavy atom. The fraction of sp³-hybridized carbons (Fsp3) is 0.667. The molecule has 0 aromatic carbocycles. The molecule has 3 rings (SSSR count). The molecule has 5 heteroatoms. The van der Waals surface area contributed by atoms with E-state index in [0.29, 0.717) is 18.2 Å². The van der Waals surface area contributed by atoms with Gasteiger partial charge >= 0.3 is 0 Å². The number of H-pyrrole nitrogens is 1. The van der Waals surface area contributed by atoms with Crippen molar-refractivity contribution in [2.24, 2.45) is 0 Å². The van der Waals surface area contributed by atoms with Crippen molar-refractivity contribution in [3.05, 3.63) is 22.5 Å². The molecule has 126 valence electrons. The monoisotopic (exact) mass is 317 g/mol. The first-order valence-corrected chi connectivity index (χ1v) is 8.75. The van der Waals surface area contributed by atoms with Crippen LogP contribution in [0.5, 0.6) is 0 Å². The van der Waals surface area contributed by atoms with Crippen molar-refractivity contribution in [3.8, 4) is 0 Å². The van der Waals surface area contributed by atoms with Gasteiger partial charge in [0.1, 0.15) is 0 Å². The van der Waals surface area contributed by atoms with Crippen molar-refractivity contribution in [3.63, 3.8) is 0 Å². The number of carbonyl (C=O) groups is 2. The number of hydrogen-bond donors (Lipinski definition) is 1. The van der Waals surface area contributed by atoms with E-state index in [0.717, 1.165) is 49.0 Å². The number of aromatic nitrogens is 1. The van der Waals surface area contributed by atoms with Gasteiger partial charge in [-0.05, 0) is 63.7 Å². The van der Waals surface area contributed by atoms with Gasteiger partial charge in [0, 0.05) is 24.8 Å². The molecule has 1 aromatic heterocycles. The van der Waals surface area contributed by atoms with E-state index in [2.05, 4.69) is 14.8 Å². The van der Waals surface area contributed by atoms with Gasteiger partial charge in [-0.3, -0.25) is 9.59 Å². The molecule has 2 fully saturated rings. The highest BCUT2D eigenvalue weighted by atomic mass is 16.2. The third kappa shape index (κ3) is 3.34. The minimum atomic E-state index is 0.203. The van der Waals surface area contributed by atoms with Crippen LogP contribution in [-0.4, -0.2) is 59.2 Å². The molecule has 3 heterocycles. The molecule has 1 amide bonds. The highest BCUT2D eigenvalue weighted by Crippen LogP contribution is 2.23. The Labute approximate surface area is 138 Å². The summed E-state index contributed by atoms with van der Waals surface area (Å²) in [7, 11) is 0. The lowest BCUT2D eigenvalue weighted by Gasteiger charge is -2.28. The molecule has 5 nitrogen and oxygen atoms in total. The van der Waals surface area contributed by atoms with Crippen LogP contribution in [0.3, 0.4) is 0 Å². The molecule has 0 aliphatic carbocycles. The van der Waals surface area contributed by atoms with Crippen LogP contribution in [0.2, 0.25) is 0 Å². The maximum atomic E-state index is 12.8. The van der Waals surface area contributed by atoms with Crippen LogP contribution in [0.15, 0.2) is 0 Å². The topological polar surface area (TPSA) is 56.4 Å². The minimum Gasteiger partial charge on any atom is -0.356 e. The van der Waals surface area contributed by atoms with Crippen molar-refractivity contribution >= 4 is 12.2 Å². The number of rotatable bonds is 5. The largest absolute Gasteiger partial charge is 0.356 e. The lowest BCUT2D eigenvalue weighted by atomic mass is 10.1. The van der Waals surface area contributed by atoms with E-state index < -0.39 is 0 Å². The molecule has 2 aliphatic rings. The molecule has 0 spiro atoms. The first kappa shape index (κ1) is 16.2. The van der Waals surface area contributed by atoms with Crippen LogP contribution in [0.1, 0.15) is 53.0 Å². The molecule has 1 aromatic rings. The zero-order chi connectivity index (χ0) is 16.4. The van der Waals surface area contributed by atoms with E-state index in [4.69, 9.17) is 0 Å². The Morgan fingerprint density at radius 3 is 2.61 bits per heavy atom. The van der Waals surface area contributed by atoms with Crippen molar-refractivity contribution < 1.29 is 9.59 Å². The normalized spacial score (nSPS) is 22.0. The molecule has 0 bridgehead atoms. The number of nitrogens with zero attached hydrogens (tertiary/aromatic N) is 2. The van der Waals surface area contributed by atoms with Gasteiger partial charge in [0.05, 0.1) is 12.1 Å². The average molecular weight is 317 g/mol. The Bertz CT molecular complexity index is 587. The average Bonchev–Trinajstić information content (AvgIpc) is 3.25. The second kappa shape index (κ2) is 6.87. The summed E-state index contributed by atoms with van der Waals surface area (Å²) in [4.78, 5) is 31.5. The summed E-state index contributed by atoms with van der Waals surface area (Å²) in [6.07, 6.45) is 6.04. The fourth-order valence-electron chi connectivity index (χ4n) is 4.07. The minimum absolute atomic E-state index is 0.203. The highest BCUT2D eigenvalue weighted by Gasteiger charge is 2.31. The first-order chi connectivity index (χ1) is 11.1. The SMILES string of the molecule is Cc1[nH]c(C=O)c(C)c1CC(=O)N1CCC[C@H]1CN1CCCC1. The second-order valence-electron chi connectivity index (χ2n) is 6.95.